The van der Waals surface area contributed by atoms with E-state index in [9.17, 15) is 0 Å². The van der Waals surface area contributed by atoms with Crippen molar-refractivity contribution >= 4 is 40.0 Å². The first-order valence-electron chi connectivity index (χ1n) is 9.79. The number of benzene rings is 3. The van der Waals surface area contributed by atoms with Crippen molar-refractivity contribution in [3.05, 3.63) is 96.0 Å². The second-order valence-electron chi connectivity index (χ2n) is 7.05. The number of rotatable bonds is 4. The number of nitrogen functional groups attached to an aromatic ring is 1. The summed E-state index contributed by atoms with van der Waals surface area (Å²) in [6, 6.07) is 29.2. The summed E-state index contributed by atoms with van der Waals surface area (Å²) in [6.07, 6.45) is 0. The molecular weight excluding hydrogens is 406 g/mol. The van der Waals surface area contributed by atoms with Gasteiger partial charge in [-0.2, -0.15) is 0 Å². The molecule has 31 heavy (non-hydrogen) atoms. The van der Waals surface area contributed by atoms with E-state index < -0.39 is 0 Å². The molecule has 0 radical (unpaired) electrons. The monoisotopic (exact) mass is 423 g/mol. The summed E-state index contributed by atoms with van der Waals surface area (Å²) >= 11 is 6.02. The molecule has 0 unspecified atom stereocenters. The van der Waals surface area contributed by atoms with Crippen LogP contribution in [0.1, 0.15) is 0 Å². The van der Waals surface area contributed by atoms with Gasteiger partial charge in [0.15, 0.2) is 5.65 Å². The Kier molecular flexibility index (Phi) is 4.94. The van der Waals surface area contributed by atoms with Crippen molar-refractivity contribution in [2.75, 3.05) is 11.1 Å². The van der Waals surface area contributed by atoms with Crippen LogP contribution in [0.15, 0.2) is 91.0 Å². The molecule has 5 rings (SSSR count). The van der Waals surface area contributed by atoms with E-state index in [0.717, 1.165) is 33.9 Å². The SMILES string of the molecule is Nc1cc(Nc2ccc(Cl)cc2)c2nc(-c3ccccc3)c(-c3ccccc3)nc2n1. The standard InChI is InChI=1S/C25H18ClN5/c26-18-11-13-19(14-12-18)28-20-15-21(27)29-25-24(20)30-22(16-7-3-1-4-8-16)23(31-25)17-9-5-2-6-10-17/h1-15H,(H3,27,28,29,31). The molecule has 0 spiro atoms. The number of nitrogens with zero attached hydrogens (tertiary/aromatic N) is 3. The van der Waals surface area contributed by atoms with Crippen molar-refractivity contribution in [1.29, 1.82) is 0 Å². The summed E-state index contributed by atoms with van der Waals surface area (Å²) in [5.74, 6) is 0.365. The Hall–Kier alpha value is -3.96. The van der Waals surface area contributed by atoms with E-state index in [0.29, 0.717) is 22.0 Å². The summed E-state index contributed by atoms with van der Waals surface area (Å²) < 4.78 is 0. The average molecular weight is 424 g/mol. The molecule has 0 atom stereocenters. The molecule has 0 saturated heterocycles. The fraction of sp³-hybridized carbons (Fsp3) is 0. The van der Waals surface area contributed by atoms with Gasteiger partial charge < -0.3 is 11.1 Å². The van der Waals surface area contributed by atoms with Gasteiger partial charge in [0.25, 0.3) is 0 Å². The number of nitrogens with two attached hydrogens (primary N) is 1. The quantitative estimate of drug-likeness (QED) is 0.352. The Balaban J connectivity index is 1.74. The van der Waals surface area contributed by atoms with Crippen LogP contribution in [0.25, 0.3) is 33.7 Å². The molecule has 0 amide bonds. The van der Waals surface area contributed by atoms with Gasteiger partial charge in [0.2, 0.25) is 0 Å². The minimum absolute atomic E-state index is 0.365. The number of pyridine rings is 1. The van der Waals surface area contributed by atoms with Crippen LogP contribution in [-0.2, 0) is 0 Å². The van der Waals surface area contributed by atoms with E-state index in [1.165, 1.54) is 0 Å². The normalized spacial score (nSPS) is 10.9. The third-order valence-electron chi connectivity index (χ3n) is 4.88. The van der Waals surface area contributed by atoms with Gasteiger partial charge in [0.05, 0.1) is 17.1 Å². The molecule has 0 bridgehead atoms. The van der Waals surface area contributed by atoms with Gasteiger partial charge in [-0.3, -0.25) is 0 Å². The number of aromatic nitrogens is 3. The van der Waals surface area contributed by atoms with Gasteiger partial charge in [-0.1, -0.05) is 72.3 Å². The number of hydrogen-bond donors (Lipinski definition) is 2. The maximum Gasteiger partial charge on any atom is 0.183 e. The highest BCUT2D eigenvalue weighted by Crippen LogP contribution is 2.34. The largest absolute Gasteiger partial charge is 0.384 e. The zero-order chi connectivity index (χ0) is 21.2. The lowest BCUT2D eigenvalue weighted by atomic mass is 10.0. The van der Waals surface area contributed by atoms with Gasteiger partial charge in [0.1, 0.15) is 11.3 Å². The molecule has 150 valence electrons. The first-order chi connectivity index (χ1) is 15.2. The first-order valence-corrected chi connectivity index (χ1v) is 10.2. The van der Waals surface area contributed by atoms with E-state index in [-0.39, 0.29) is 0 Å². The molecule has 2 aromatic heterocycles. The van der Waals surface area contributed by atoms with Crippen molar-refractivity contribution in [1.82, 2.24) is 15.0 Å². The Morgan fingerprint density at radius 2 is 1.26 bits per heavy atom. The number of hydrogen-bond acceptors (Lipinski definition) is 5. The molecule has 0 aliphatic heterocycles. The smallest absolute Gasteiger partial charge is 0.183 e. The first kappa shape index (κ1) is 19.0. The maximum absolute atomic E-state index is 6.10. The van der Waals surface area contributed by atoms with Crippen molar-refractivity contribution in [2.45, 2.75) is 0 Å². The fourth-order valence-corrected chi connectivity index (χ4v) is 3.56. The van der Waals surface area contributed by atoms with E-state index in [4.69, 9.17) is 27.3 Å². The van der Waals surface area contributed by atoms with Crippen LogP contribution in [0.2, 0.25) is 5.02 Å². The van der Waals surface area contributed by atoms with Crippen molar-refractivity contribution in [3.63, 3.8) is 0 Å². The van der Waals surface area contributed by atoms with E-state index in [1.807, 2.05) is 84.9 Å². The van der Waals surface area contributed by atoms with Gasteiger partial charge >= 0.3 is 0 Å². The Labute approximate surface area is 184 Å². The number of fused-ring (bicyclic) bond motifs is 1. The molecular formula is C25H18ClN5. The van der Waals surface area contributed by atoms with Crippen LogP contribution in [0.5, 0.6) is 0 Å². The summed E-state index contributed by atoms with van der Waals surface area (Å²) in [5.41, 5.74) is 12.3. The number of anilines is 3. The highest BCUT2D eigenvalue weighted by molar-refractivity contribution is 6.30. The van der Waals surface area contributed by atoms with Crippen molar-refractivity contribution in [3.8, 4) is 22.5 Å². The summed E-state index contributed by atoms with van der Waals surface area (Å²) in [4.78, 5) is 14.3. The Bertz CT molecular complexity index is 1350. The highest BCUT2D eigenvalue weighted by atomic mass is 35.5. The van der Waals surface area contributed by atoms with E-state index in [2.05, 4.69) is 10.3 Å². The summed E-state index contributed by atoms with van der Waals surface area (Å²) in [5, 5.41) is 4.04. The van der Waals surface area contributed by atoms with Crippen molar-refractivity contribution in [2.24, 2.45) is 0 Å². The summed E-state index contributed by atoms with van der Waals surface area (Å²) in [7, 11) is 0. The Morgan fingerprint density at radius 1 is 0.677 bits per heavy atom. The third kappa shape index (κ3) is 3.91. The van der Waals surface area contributed by atoms with Gasteiger partial charge in [-0.15, -0.1) is 0 Å². The van der Waals surface area contributed by atoms with Gasteiger partial charge in [-0.25, -0.2) is 15.0 Å². The van der Waals surface area contributed by atoms with E-state index in [1.54, 1.807) is 6.07 Å². The fourth-order valence-electron chi connectivity index (χ4n) is 3.43. The van der Waals surface area contributed by atoms with Crippen LogP contribution in [-0.4, -0.2) is 15.0 Å². The highest BCUT2D eigenvalue weighted by Gasteiger charge is 2.16. The topological polar surface area (TPSA) is 76.7 Å². The lowest BCUT2D eigenvalue weighted by Gasteiger charge is -2.14. The lowest BCUT2D eigenvalue weighted by Crippen LogP contribution is -2.03. The van der Waals surface area contributed by atoms with Crippen LogP contribution in [0, 0.1) is 0 Å². The second kappa shape index (κ2) is 8.05. The van der Waals surface area contributed by atoms with Gasteiger partial charge in [-0.05, 0) is 24.3 Å². The second-order valence-corrected chi connectivity index (χ2v) is 7.49. The van der Waals surface area contributed by atoms with Crippen LogP contribution < -0.4 is 11.1 Å². The number of nitrogens with one attached hydrogen (secondary N) is 1. The lowest BCUT2D eigenvalue weighted by molar-refractivity contribution is 1.23. The molecule has 2 heterocycles. The zero-order valence-electron chi connectivity index (χ0n) is 16.5. The Morgan fingerprint density at radius 3 is 1.87 bits per heavy atom. The van der Waals surface area contributed by atoms with Crippen LogP contribution >= 0.6 is 11.6 Å². The molecule has 5 nitrogen and oxygen atoms in total. The minimum atomic E-state index is 0.365. The number of halogens is 1. The van der Waals surface area contributed by atoms with Crippen LogP contribution in [0.4, 0.5) is 17.2 Å². The molecule has 3 aromatic carbocycles. The van der Waals surface area contributed by atoms with Crippen molar-refractivity contribution < 1.29 is 0 Å². The molecule has 3 N–H and O–H groups in total. The predicted octanol–water partition coefficient (Wildman–Crippen LogP) is 6.34. The molecule has 0 saturated carbocycles. The summed E-state index contributed by atoms with van der Waals surface area (Å²) in [6.45, 7) is 0. The average Bonchev–Trinajstić information content (AvgIpc) is 2.81. The third-order valence-corrected chi connectivity index (χ3v) is 5.13. The maximum atomic E-state index is 6.10. The minimum Gasteiger partial charge on any atom is -0.384 e. The molecule has 0 aliphatic rings. The van der Waals surface area contributed by atoms with Crippen LogP contribution in [0.3, 0.4) is 0 Å². The van der Waals surface area contributed by atoms with Gasteiger partial charge in [0, 0.05) is 27.9 Å². The molecule has 0 fully saturated rings. The zero-order valence-corrected chi connectivity index (χ0v) is 17.2. The molecule has 5 aromatic rings. The molecule has 6 heteroatoms. The predicted molar refractivity (Wildman–Crippen MR) is 127 cm³/mol. The van der Waals surface area contributed by atoms with E-state index >= 15 is 0 Å². The molecule has 0 aliphatic carbocycles.